The van der Waals surface area contributed by atoms with Gasteiger partial charge in [0, 0.05) is 26.0 Å². The molecule has 1 aliphatic carbocycles. The molecule has 0 aromatic heterocycles. The van der Waals surface area contributed by atoms with Crippen molar-refractivity contribution in [2.45, 2.75) is 40.5 Å². The molecule has 0 saturated heterocycles. The predicted molar refractivity (Wildman–Crippen MR) is 99.3 cm³/mol. The van der Waals surface area contributed by atoms with E-state index in [4.69, 9.17) is 19.4 Å². The van der Waals surface area contributed by atoms with Crippen molar-refractivity contribution >= 4 is 19.4 Å². The van der Waals surface area contributed by atoms with Crippen molar-refractivity contribution in [2.75, 3.05) is 20.3 Å². The van der Waals surface area contributed by atoms with E-state index in [-0.39, 0.29) is 15.1 Å². The number of unbranched alkanes of at least 4 members (excludes halogenated alkanes) is 1. The van der Waals surface area contributed by atoms with E-state index in [9.17, 15) is 0 Å². The second-order valence-corrected chi connectivity index (χ2v) is 8.62. The number of rotatable bonds is 4. The molecule has 23 heavy (non-hydrogen) atoms. The van der Waals surface area contributed by atoms with Crippen LogP contribution in [-0.2, 0) is 15.1 Å². The molecule has 1 fully saturated rings. The van der Waals surface area contributed by atoms with Gasteiger partial charge >= 0.3 is 34.5 Å². The molecule has 0 atom stereocenters. The number of nitrogens with zero attached hydrogens (tertiary/aromatic N) is 2. The van der Waals surface area contributed by atoms with Crippen molar-refractivity contribution in [1.82, 2.24) is 9.80 Å². The summed E-state index contributed by atoms with van der Waals surface area (Å²) in [7, 11) is 11.8. The summed E-state index contributed by atoms with van der Waals surface area (Å²) in [4.78, 5) is 4.53. The summed E-state index contributed by atoms with van der Waals surface area (Å²) in [5, 5.41) is 0. The molecule has 2 aliphatic rings. The van der Waals surface area contributed by atoms with Crippen LogP contribution in [0.4, 0.5) is 0 Å². The molecule has 0 unspecified atom stereocenters. The molecule has 1 heterocycles. The minimum atomic E-state index is -0.346. The summed E-state index contributed by atoms with van der Waals surface area (Å²) in [6, 6.07) is 0. The van der Waals surface area contributed by atoms with Crippen LogP contribution in [0.15, 0.2) is 12.4 Å². The molecule has 0 amide bonds. The Morgan fingerprint density at radius 3 is 2.09 bits per heavy atom. The summed E-state index contributed by atoms with van der Waals surface area (Å²) >= 11 is -0.346. The van der Waals surface area contributed by atoms with Gasteiger partial charge in [-0.05, 0) is 49.9 Å². The van der Waals surface area contributed by atoms with Gasteiger partial charge in [0.2, 0.25) is 0 Å². The first-order valence-corrected chi connectivity index (χ1v) is 12.5. The Labute approximate surface area is 160 Å². The molecular weight excluding hydrogens is 416 g/mol. The van der Waals surface area contributed by atoms with Crippen LogP contribution in [0.2, 0.25) is 0 Å². The van der Waals surface area contributed by atoms with Gasteiger partial charge in [0.05, 0.1) is 6.67 Å². The Morgan fingerprint density at radius 1 is 1.13 bits per heavy atom. The Balaban J connectivity index is 0.000000360. The molecule has 5 heteroatoms. The molecule has 1 aliphatic heterocycles. The summed E-state index contributed by atoms with van der Waals surface area (Å²) in [6.45, 7) is 11.0. The summed E-state index contributed by atoms with van der Waals surface area (Å²) < 4.78 is 0. The quantitative estimate of drug-likeness (QED) is 0.528. The van der Waals surface area contributed by atoms with Gasteiger partial charge in [-0.3, -0.25) is 0 Å². The van der Waals surface area contributed by atoms with Gasteiger partial charge in [-0.15, -0.1) is 0 Å². The Morgan fingerprint density at radius 2 is 1.70 bits per heavy atom. The van der Waals surface area contributed by atoms with E-state index in [1.807, 2.05) is 0 Å². The van der Waals surface area contributed by atoms with Crippen LogP contribution in [0.3, 0.4) is 0 Å². The average Bonchev–Trinajstić information content (AvgIpc) is 2.93. The average molecular weight is 446 g/mol. The third kappa shape index (κ3) is 12.5. The molecular formula is C18H30Cl2N2Ru. The molecule has 0 aromatic rings. The SMILES string of the molecule is CCCCN1C=CN(C)C1.C[C]1[CH][CH][C](C(C)C)[CH][CH]1.[Cl][Ru][Cl]. The van der Waals surface area contributed by atoms with Gasteiger partial charge in [0.25, 0.3) is 0 Å². The zero-order valence-corrected chi connectivity index (χ0v) is 18.1. The fraction of sp³-hybridized carbons (Fsp3) is 0.556. The van der Waals surface area contributed by atoms with E-state index in [2.05, 4.69) is 82.6 Å². The standard InChI is InChI=1S/C10H14.C8H16N2.2ClH.Ru/c1-8(2)10-6-4-9(3)5-7-10;1-3-4-5-10-7-6-9(2)8-10;;;/h4-8H,1-3H3;6-7H,3-5,8H2,1-2H3;2*1H;/q;;;;+2/p-2. The van der Waals surface area contributed by atoms with Crippen LogP contribution >= 0.6 is 19.4 Å². The number of hydrogen-bond acceptors (Lipinski definition) is 2. The Kier molecular flexibility index (Phi) is 15.2. The molecule has 0 bridgehead atoms. The zero-order valence-electron chi connectivity index (χ0n) is 14.9. The van der Waals surface area contributed by atoms with Crippen molar-refractivity contribution in [3.05, 3.63) is 49.9 Å². The van der Waals surface area contributed by atoms with Crippen LogP contribution in [0.25, 0.3) is 0 Å². The third-order valence-corrected chi connectivity index (χ3v) is 3.48. The van der Waals surface area contributed by atoms with Gasteiger partial charge in [-0.1, -0.05) is 34.1 Å². The summed E-state index contributed by atoms with van der Waals surface area (Å²) in [5.74, 6) is 3.41. The van der Waals surface area contributed by atoms with E-state index >= 15 is 0 Å². The van der Waals surface area contributed by atoms with Gasteiger partial charge < -0.3 is 9.80 Å². The van der Waals surface area contributed by atoms with Crippen LogP contribution in [0.1, 0.15) is 40.5 Å². The van der Waals surface area contributed by atoms with E-state index < -0.39 is 0 Å². The first kappa shape index (κ1) is 23.5. The Bertz CT molecular complexity index is 293. The Hall–Kier alpha value is 0.543. The minimum absolute atomic E-state index is 0.346. The monoisotopic (exact) mass is 446 g/mol. The van der Waals surface area contributed by atoms with Crippen LogP contribution < -0.4 is 0 Å². The molecule has 2 rings (SSSR count). The van der Waals surface area contributed by atoms with Gasteiger partial charge in [-0.2, -0.15) is 0 Å². The summed E-state index contributed by atoms with van der Waals surface area (Å²) in [5.41, 5.74) is 0. The number of halogens is 2. The fourth-order valence-corrected chi connectivity index (χ4v) is 2.05. The molecule has 0 spiro atoms. The van der Waals surface area contributed by atoms with Crippen molar-refractivity contribution in [3.8, 4) is 0 Å². The van der Waals surface area contributed by atoms with Crippen molar-refractivity contribution in [1.29, 1.82) is 0 Å². The van der Waals surface area contributed by atoms with E-state index in [1.54, 1.807) is 0 Å². The van der Waals surface area contributed by atoms with Crippen LogP contribution in [0.5, 0.6) is 0 Å². The van der Waals surface area contributed by atoms with Crippen LogP contribution in [-0.4, -0.2) is 30.1 Å². The predicted octanol–water partition coefficient (Wildman–Crippen LogP) is 5.48. The molecule has 1 saturated carbocycles. The molecule has 0 N–H and O–H groups in total. The molecule has 2 nitrogen and oxygen atoms in total. The van der Waals surface area contributed by atoms with E-state index in [1.165, 1.54) is 31.2 Å². The second kappa shape index (κ2) is 14.9. The first-order valence-electron chi connectivity index (χ1n) is 7.98. The van der Waals surface area contributed by atoms with Gasteiger partial charge in [0.15, 0.2) is 0 Å². The topological polar surface area (TPSA) is 6.48 Å². The van der Waals surface area contributed by atoms with E-state index in [0.717, 1.165) is 6.67 Å². The van der Waals surface area contributed by atoms with Crippen LogP contribution in [0, 0.1) is 43.4 Å². The van der Waals surface area contributed by atoms with Crippen molar-refractivity contribution in [3.63, 3.8) is 0 Å². The van der Waals surface area contributed by atoms with Gasteiger partial charge in [0.1, 0.15) is 0 Å². The maximum atomic E-state index is 4.85. The fourth-order valence-electron chi connectivity index (χ4n) is 2.05. The first-order chi connectivity index (χ1) is 10.9. The molecule has 0 aromatic carbocycles. The van der Waals surface area contributed by atoms with Gasteiger partial charge in [-0.25, -0.2) is 0 Å². The maximum absolute atomic E-state index is 4.85. The normalized spacial score (nSPS) is 18.8. The second-order valence-electron chi connectivity index (χ2n) is 5.98. The third-order valence-electron chi connectivity index (χ3n) is 3.48. The van der Waals surface area contributed by atoms with Crippen molar-refractivity contribution in [2.24, 2.45) is 5.92 Å². The molecule has 134 valence electrons. The number of hydrogen-bond donors (Lipinski definition) is 0. The zero-order chi connectivity index (χ0) is 17.7. The molecule has 6 radical (unpaired) electrons. The van der Waals surface area contributed by atoms with Crippen molar-refractivity contribution < 1.29 is 15.1 Å². The van der Waals surface area contributed by atoms with E-state index in [0.29, 0.717) is 5.92 Å². The summed E-state index contributed by atoms with van der Waals surface area (Å²) in [6.07, 6.45) is 15.6.